The first-order valence-corrected chi connectivity index (χ1v) is 12.1. The Morgan fingerprint density at radius 1 is 1.19 bits per heavy atom. The number of carbonyl (C=O) groups is 2. The van der Waals surface area contributed by atoms with Crippen molar-refractivity contribution in [3.8, 4) is 6.07 Å². The molecule has 0 saturated carbocycles. The van der Waals surface area contributed by atoms with Gasteiger partial charge in [0.05, 0.1) is 41.5 Å². The summed E-state index contributed by atoms with van der Waals surface area (Å²) < 4.78 is 34.3. The lowest BCUT2D eigenvalue weighted by molar-refractivity contribution is -0.141. The molecule has 184 valence electrons. The van der Waals surface area contributed by atoms with Crippen molar-refractivity contribution >= 4 is 38.5 Å². The number of hydrogen-bond acceptors (Lipinski definition) is 8. The Morgan fingerprint density at radius 2 is 1.94 bits per heavy atom. The van der Waals surface area contributed by atoms with Crippen LogP contribution in [0.4, 0.5) is 5.69 Å². The van der Waals surface area contributed by atoms with E-state index in [2.05, 4.69) is 36.1 Å². The van der Waals surface area contributed by atoms with E-state index in [1.54, 1.807) is 12.1 Å². The number of nitriles is 1. The van der Waals surface area contributed by atoms with Gasteiger partial charge in [0.1, 0.15) is 18.3 Å². The van der Waals surface area contributed by atoms with Crippen molar-refractivity contribution in [3.63, 3.8) is 0 Å². The first-order valence-electron chi connectivity index (χ1n) is 10.6. The third-order valence-corrected chi connectivity index (χ3v) is 6.75. The van der Waals surface area contributed by atoms with Crippen molar-refractivity contribution in [2.24, 2.45) is 0 Å². The molecule has 0 aliphatic carbocycles. The van der Waals surface area contributed by atoms with Crippen LogP contribution in [0.25, 0.3) is 10.9 Å². The molecule has 0 aliphatic heterocycles. The van der Waals surface area contributed by atoms with E-state index in [1.807, 2.05) is 6.92 Å². The van der Waals surface area contributed by atoms with Gasteiger partial charge in [0.2, 0.25) is 0 Å². The highest BCUT2D eigenvalue weighted by Crippen LogP contribution is 2.30. The maximum absolute atomic E-state index is 13.0. The number of amides is 1. The molecule has 0 radical (unpaired) electrons. The zero-order valence-electron chi connectivity index (χ0n) is 19.3. The normalized spacial score (nSPS) is 11.1. The third-order valence-electron chi connectivity index (χ3n) is 5.37. The molecular formula is C23H21N7O5S. The summed E-state index contributed by atoms with van der Waals surface area (Å²) in [5, 5.41) is 20.3. The second-order valence-electron chi connectivity index (χ2n) is 7.79. The van der Waals surface area contributed by atoms with Crippen LogP contribution in [0, 0.1) is 18.3 Å². The number of carbonyl (C=O) groups excluding carboxylic acids is 2. The van der Waals surface area contributed by atoms with E-state index in [9.17, 15) is 23.3 Å². The van der Waals surface area contributed by atoms with Gasteiger partial charge in [-0.3, -0.25) is 14.3 Å². The van der Waals surface area contributed by atoms with Gasteiger partial charge in [-0.2, -0.15) is 5.26 Å². The molecule has 13 heteroatoms. The lowest BCUT2D eigenvalue weighted by Gasteiger charge is -2.11. The van der Waals surface area contributed by atoms with E-state index in [1.165, 1.54) is 48.5 Å². The number of nitrogens with one attached hydrogen (secondary N) is 3. The molecule has 2 aromatic carbocycles. The van der Waals surface area contributed by atoms with Crippen LogP contribution in [-0.2, 0) is 32.6 Å². The van der Waals surface area contributed by atoms with E-state index in [4.69, 9.17) is 0 Å². The van der Waals surface area contributed by atoms with Crippen LogP contribution < -0.4 is 10.0 Å². The smallest absolute Gasteiger partial charge is 0.327 e. The van der Waals surface area contributed by atoms with E-state index in [-0.39, 0.29) is 23.5 Å². The summed E-state index contributed by atoms with van der Waals surface area (Å²) in [4.78, 5) is 26.7. The van der Waals surface area contributed by atoms with E-state index in [0.29, 0.717) is 27.8 Å². The number of sulfonamides is 1. The molecule has 0 fully saturated rings. The number of rotatable bonds is 8. The molecule has 2 aromatic heterocycles. The molecule has 0 saturated heterocycles. The van der Waals surface area contributed by atoms with Crippen molar-refractivity contribution in [2.75, 3.05) is 11.8 Å². The summed E-state index contributed by atoms with van der Waals surface area (Å²) >= 11 is 0. The fraction of sp³-hybridized carbons (Fsp3) is 0.174. The zero-order valence-corrected chi connectivity index (χ0v) is 20.1. The van der Waals surface area contributed by atoms with E-state index < -0.39 is 21.9 Å². The summed E-state index contributed by atoms with van der Waals surface area (Å²) in [7, 11) is -2.70. The zero-order chi connectivity index (χ0) is 25.9. The molecule has 1 amide bonds. The van der Waals surface area contributed by atoms with Gasteiger partial charge < -0.3 is 15.0 Å². The SMILES string of the molecule is COC(=O)Cn1cc(CNC(=O)c2ccc(S(=O)(=O)Nc3ccc(C)c4c(C#N)c[nH]c34)cc2)nn1. The maximum Gasteiger partial charge on any atom is 0.327 e. The summed E-state index contributed by atoms with van der Waals surface area (Å²) in [6, 6.07) is 10.9. The second kappa shape index (κ2) is 9.88. The number of aromatic amines is 1. The number of ether oxygens (including phenoxy) is 1. The first kappa shape index (κ1) is 24.4. The molecule has 2 heterocycles. The molecule has 0 bridgehead atoms. The van der Waals surface area contributed by atoms with Crippen LogP contribution in [-0.4, -0.2) is 47.4 Å². The average molecular weight is 508 g/mol. The Labute approximate surface area is 205 Å². The highest BCUT2D eigenvalue weighted by atomic mass is 32.2. The molecule has 3 N–H and O–H groups in total. The summed E-state index contributed by atoms with van der Waals surface area (Å²) in [6.07, 6.45) is 3.03. The second-order valence-corrected chi connectivity index (χ2v) is 9.47. The third kappa shape index (κ3) is 5.03. The Kier molecular flexibility index (Phi) is 6.71. The molecule has 0 aliphatic rings. The summed E-state index contributed by atoms with van der Waals surface area (Å²) in [5.41, 5.74) is 2.76. The van der Waals surface area contributed by atoms with Gasteiger partial charge in [-0.15, -0.1) is 5.10 Å². The van der Waals surface area contributed by atoms with Crippen LogP contribution in [0.5, 0.6) is 0 Å². The largest absolute Gasteiger partial charge is 0.468 e. The number of hydrogen-bond donors (Lipinski definition) is 3. The highest BCUT2D eigenvalue weighted by Gasteiger charge is 2.19. The fourth-order valence-electron chi connectivity index (χ4n) is 3.55. The lowest BCUT2D eigenvalue weighted by Crippen LogP contribution is -2.23. The molecule has 4 aromatic rings. The van der Waals surface area contributed by atoms with Crippen molar-refractivity contribution in [1.29, 1.82) is 5.26 Å². The predicted octanol–water partition coefficient (Wildman–Crippen LogP) is 1.84. The van der Waals surface area contributed by atoms with Crippen molar-refractivity contribution in [1.82, 2.24) is 25.3 Å². The summed E-state index contributed by atoms with van der Waals surface area (Å²) in [6.45, 7) is 1.80. The van der Waals surface area contributed by atoms with Crippen molar-refractivity contribution < 1.29 is 22.7 Å². The minimum atomic E-state index is -3.97. The van der Waals surface area contributed by atoms with Crippen LogP contribution >= 0.6 is 0 Å². The summed E-state index contributed by atoms with van der Waals surface area (Å²) in [5.74, 6) is -0.920. The van der Waals surface area contributed by atoms with Gasteiger partial charge in [-0.1, -0.05) is 11.3 Å². The van der Waals surface area contributed by atoms with Crippen LogP contribution in [0.1, 0.15) is 27.2 Å². The quantitative estimate of drug-likeness (QED) is 0.303. The van der Waals surface area contributed by atoms with Gasteiger partial charge >= 0.3 is 5.97 Å². The van der Waals surface area contributed by atoms with E-state index in [0.717, 1.165) is 5.56 Å². The number of anilines is 1. The van der Waals surface area contributed by atoms with Gasteiger partial charge in [-0.05, 0) is 42.8 Å². The Morgan fingerprint density at radius 3 is 2.64 bits per heavy atom. The first-order chi connectivity index (χ1) is 17.2. The van der Waals surface area contributed by atoms with Gasteiger partial charge in [0.25, 0.3) is 15.9 Å². The van der Waals surface area contributed by atoms with Gasteiger partial charge in [0, 0.05) is 17.1 Å². The number of fused-ring (bicyclic) bond motifs is 1. The molecule has 0 spiro atoms. The topological polar surface area (TPSA) is 172 Å². The molecule has 0 unspecified atom stereocenters. The number of H-pyrrole nitrogens is 1. The minimum Gasteiger partial charge on any atom is -0.468 e. The number of aromatic nitrogens is 4. The Hall–Kier alpha value is -4.70. The fourth-order valence-corrected chi connectivity index (χ4v) is 4.62. The van der Waals surface area contributed by atoms with Crippen LogP contribution in [0.2, 0.25) is 0 Å². The average Bonchev–Trinajstić information content (AvgIpc) is 3.51. The van der Waals surface area contributed by atoms with Crippen LogP contribution in [0.15, 0.2) is 53.7 Å². The standard InChI is InChI=1S/C23H21N7O5S/c1-14-3-8-19(22-21(14)16(9-24)10-25-22)28-36(33,34)18-6-4-15(5-7-18)23(32)26-11-17-12-30(29-27-17)13-20(31)35-2/h3-8,10,12,25,28H,11,13H2,1-2H3,(H,26,32). The highest BCUT2D eigenvalue weighted by molar-refractivity contribution is 7.92. The van der Waals surface area contributed by atoms with Gasteiger partial charge in [-0.25, -0.2) is 13.1 Å². The lowest BCUT2D eigenvalue weighted by atomic mass is 10.1. The molecule has 12 nitrogen and oxygen atoms in total. The number of benzene rings is 2. The number of nitrogens with zero attached hydrogens (tertiary/aromatic N) is 4. The number of esters is 1. The molecule has 36 heavy (non-hydrogen) atoms. The maximum atomic E-state index is 13.0. The Balaban J connectivity index is 1.44. The van der Waals surface area contributed by atoms with Crippen LogP contribution in [0.3, 0.4) is 0 Å². The molecule has 0 atom stereocenters. The van der Waals surface area contributed by atoms with Crippen molar-refractivity contribution in [3.05, 3.63) is 71.2 Å². The predicted molar refractivity (Wildman–Crippen MR) is 128 cm³/mol. The monoisotopic (exact) mass is 507 g/mol. The van der Waals surface area contributed by atoms with Crippen molar-refractivity contribution in [2.45, 2.75) is 24.9 Å². The Bertz CT molecular complexity index is 1600. The molecular weight excluding hydrogens is 486 g/mol. The van der Waals surface area contributed by atoms with Gasteiger partial charge in [0.15, 0.2) is 0 Å². The number of methoxy groups -OCH3 is 1. The van der Waals surface area contributed by atoms with E-state index >= 15 is 0 Å². The minimum absolute atomic E-state index is 0.0365. The molecule has 4 rings (SSSR count). The number of aryl methyl sites for hydroxylation is 1.